The quantitative estimate of drug-likeness (QED) is 0.441. The van der Waals surface area contributed by atoms with E-state index in [0.717, 1.165) is 0 Å². The number of nitrogens with one attached hydrogen (secondary N) is 2. The zero-order valence-electron chi connectivity index (χ0n) is 15.3. The fraction of sp³-hybridized carbons (Fsp3) is 0.100. The van der Waals surface area contributed by atoms with Crippen LogP contribution in [0, 0.1) is 10.6 Å². The molecule has 0 fully saturated rings. The summed E-state index contributed by atoms with van der Waals surface area (Å²) in [5, 5.41) is 13.2. The number of hydrogen-bond acceptors (Lipinski definition) is 5. The molecule has 0 saturated heterocycles. The molecule has 29 heavy (non-hydrogen) atoms. The van der Waals surface area contributed by atoms with Gasteiger partial charge < -0.3 is 10.4 Å². The van der Waals surface area contributed by atoms with E-state index in [2.05, 4.69) is 15.3 Å². The van der Waals surface area contributed by atoms with Crippen LogP contribution in [0.1, 0.15) is 18.1 Å². The number of aromatic amines is 1. The zero-order chi connectivity index (χ0) is 21.0. The molecule has 3 rings (SSSR count). The van der Waals surface area contributed by atoms with Crippen molar-refractivity contribution >= 4 is 35.7 Å². The number of halogens is 1. The number of hydrogen-bond donors (Lipinski definition) is 3. The Balaban J connectivity index is 1.90. The Morgan fingerprint density at radius 1 is 1.24 bits per heavy atom. The summed E-state index contributed by atoms with van der Waals surface area (Å²) >= 11 is 5.13. The summed E-state index contributed by atoms with van der Waals surface area (Å²) in [6.07, 6.45) is 1.23. The normalized spacial score (nSPS) is 11.0. The zero-order valence-corrected chi connectivity index (χ0v) is 16.2. The molecule has 0 aliphatic carbocycles. The number of benzene rings is 2. The number of H-pyrrole nitrogens is 1. The van der Waals surface area contributed by atoms with Gasteiger partial charge in [0, 0.05) is 18.8 Å². The van der Waals surface area contributed by atoms with Crippen LogP contribution in [0.2, 0.25) is 0 Å². The Bertz CT molecular complexity index is 1180. The van der Waals surface area contributed by atoms with Crippen molar-refractivity contribution < 1.29 is 14.3 Å². The molecule has 148 valence electrons. The van der Waals surface area contributed by atoms with Crippen molar-refractivity contribution in [2.24, 2.45) is 4.99 Å². The minimum absolute atomic E-state index is 0.0358. The molecule has 0 radical (unpaired) electrons. The van der Waals surface area contributed by atoms with Gasteiger partial charge in [0.1, 0.15) is 11.4 Å². The molecule has 3 N–H and O–H groups in total. The smallest absolute Gasteiger partial charge is 0.264 e. The SMILES string of the molecule is CC(=O)Nc1ccc(N=Cc2c(O)n(Cc3ccc(F)cc3)c(=S)[nH]c2=O)cc1. The predicted molar refractivity (Wildman–Crippen MR) is 111 cm³/mol. The molecule has 9 heteroatoms. The Morgan fingerprint density at radius 2 is 1.90 bits per heavy atom. The van der Waals surface area contributed by atoms with Crippen LogP contribution in [-0.2, 0) is 11.3 Å². The second-order valence-electron chi connectivity index (χ2n) is 6.20. The van der Waals surface area contributed by atoms with Gasteiger partial charge >= 0.3 is 0 Å². The molecule has 0 bridgehead atoms. The van der Waals surface area contributed by atoms with Gasteiger partial charge in [-0.1, -0.05) is 12.1 Å². The lowest BCUT2D eigenvalue weighted by Crippen LogP contribution is -2.19. The largest absolute Gasteiger partial charge is 0.494 e. The van der Waals surface area contributed by atoms with E-state index in [1.54, 1.807) is 36.4 Å². The molecule has 1 amide bonds. The van der Waals surface area contributed by atoms with Gasteiger partial charge in [-0.2, -0.15) is 0 Å². The van der Waals surface area contributed by atoms with Crippen LogP contribution in [0.5, 0.6) is 5.88 Å². The third-order valence-corrected chi connectivity index (χ3v) is 4.31. The first-order chi connectivity index (χ1) is 13.8. The van der Waals surface area contributed by atoms with Gasteiger partial charge in [-0.05, 0) is 54.2 Å². The highest BCUT2D eigenvalue weighted by Gasteiger charge is 2.11. The summed E-state index contributed by atoms with van der Waals surface area (Å²) in [4.78, 5) is 30.0. The van der Waals surface area contributed by atoms with Gasteiger partial charge in [-0.15, -0.1) is 0 Å². The van der Waals surface area contributed by atoms with Crippen molar-refractivity contribution in [3.05, 3.63) is 80.6 Å². The molecule has 0 saturated carbocycles. The van der Waals surface area contributed by atoms with E-state index in [0.29, 0.717) is 16.9 Å². The standard InChI is InChI=1S/C20H17FN4O3S/c1-12(26)23-16-8-6-15(7-9-16)22-10-17-18(27)24-20(29)25(19(17)28)11-13-2-4-14(21)5-3-13/h2-10,28H,11H2,1H3,(H,23,26)(H,24,27,29). The van der Waals surface area contributed by atoms with E-state index in [1.807, 2.05) is 0 Å². The first-order valence-corrected chi connectivity index (χ1v) is 8.96. The minimum atomic E-state index is -0.582. The Hall–Kier alpha value is -3.59. The van der Waals surface area contributed by atoms with Gasteiger partial charge in [0.2, 0.25) is 11.8 Å². The highest BCUT2D eigenvalue weighted by Crippen LogP contribution is 2.18. The fourth-order valence-electron chi connectivity index (χ4n) is 2.58. The summed E-state index contributed by atoms with van der Waals surface area (Å²) in [7, 11) is 0. The highest BCUT2D eigenvalue weighted by molar-refractivity contribution is 7.71. The molecular formula is C20H17FN4O3S. The van der Waals surface area contributed by atoms with E-state index in [-0.39, 0.29) is 34.5 Å². The molecule has 1 aromatic heterocycles. The lowest BCUT2D eigenvalue weighted by molar-refractivity contribution is -0.114. The number of nitrogens with zero attached hydrogens (tertiary/aromatic N) is 2. The number of rotatable bonds is 5. The van der Waals surface area contributed by atoms with Crippen molar-refractivity contribution in [2.75, 3.05) is 5.32 Å². The lowest BCUT2D eigenvalue weighted by Gasteiger charge is -2.11. The van der Waals surface area contributed by atoms with Gasteiger partial charge in [0.05, 0.1) is 12.2 Å². The maximum absolute atomic E-state index is 13.1. The average molecular weight is 412 g/mol. The molecule has 0 aliphatic heterocycles. The van der Waals surface area contributed by atoms with Crippen LogP contribution in [-0.4, -0.2) is 26.8 Å². The first-order valence-electron chi connectivity index (χ1n) is 8.56. The van der Waals surface area contributed by atoms with E-state index < -0.39 is 5.56 Å². The van der Waals surface area contributed by atoms with Crippen LogP contribution in [0.4, 0.5) is 15.8 Å². The molecule has 0 aliphatic rings. The van der Waals surface area contributed by atoms with Gasteiger partial charge in [0.15, 0.2) is 4.77 Å². The predicted octanol–water partition coefficient (Wildman–Crippen LogP) is 3.51. The molecule has 3 aromatic rings. The molecule has 2 aromatic carbocycles. The number of carbonyl (C=O) groups excluding carboxylic acids is 1. The number of aromatic hydroxyl groups is 1. The van der Waals surface area contributed by atoms with E-state index in [4.69, 9.17) is 12.2 Å². The van der Waals surface area contributed by atoms with Crippen molar-refractivity contribution in [3.8, 4) is 5.88 Å². The molecule has 0 unspecified atom stereocenters. The van der Waals surface area contributed by atoms with Crippen LogP contribution in [0.25, 0.3) is 0 Å². The summed E-state index contributed by atoms with van der Waals surface area (Å²) in [6, 6.07) is 12.4. The van der Waals surface area contributed by atoms with E-state index in [9.17, 15) is 19.1 Å². The average Bonchev–Trinajstić information content (AvgIpc) is 2.67. The molecular weight excluding hydrogens is 395 g/mol. The topological polar surface area (TPSA) is 99.5 Å². The Labute approximate surface area is 170 Å². The van der Waals surface area contributed by atoms with Crippen LogP contribution < -0.4 is 10.9 Å². The number of aliphatic imine (C=N–C) groups is 1. The number of amides is 1. The van der Waals surface area contributed by atoms with Gasteiger partial charge in [-0.25, -0.2) is 4.39 Å². The maximum atomic E-state index is 13.1. The molecule has 7 nitrogen and oxygen atoms in total. The highest BCUT2D eigenvalue weighted by atomic mass is 32.1. The van der Waals surface area contributed by atoms with Crippen LogP contribution in [0.3, 0.4) is 0 Å². The third kappa shape index (κ3) is 5.02. The Morgan fingerprint density at radius 3 is 2.52 bits per heavy atom. The fourth-order valence-corrected chi connectivity index (χ4v) is 2.83. The minimum Gasteiger partial charge on any atom is -0.494 e. The summed E-state index contributed by atoms with van der Waals surface area (Å²) < 4.78 is 14.4. The van der Waals surface area contributed by atoms with Crippen LogP contribution in [0.15, 0.2) is 58.3 Å². The van der Waals surface area contributed by atoms with E-state index in [1.165, 1.54) is 29.8 Å². The van der Waals surface area contributed by atoms with Gasteiger partial charge in [-0.3, -0.25) is 24.1 Å². The molecule has 1 heterocycles. The molecule has 0 spiro atoms. The van der Waals surface area contributed by atoms with E-state index >= 15 is 0 Å². The molecule has 0 atom stereocenters. The summed E-state index contributed by atoms with van der Waals surface area (Å²) in [6.45, 7) is 1.55. The van der Waals surface area contributed by atoms with Crippen molar-refractivity contribution in [1.29, 1.82) is 0 Å². The van der Waals surface area contributed by atoms with Crippen molar-refractivity contribution in [1.82, 2.24) is 9.55 Å². The van der Waals surface area contributed by atoms with Gasteiger partial charge in [0.25, 0.3) is 5.56 Å². The monoisotopic (exact) mass is 412 g/mol. The lowest BCUT2D eigenvalue weighted by atomic mass is 10.2. The van der Waals surface area contributed by atoms with Crippen molar-refractivity contribution in [2.45, 2.75) is 13.5 Å². The number of aromatic nitrogens is 2. The second-order valence-corrected chi connectivity index (χ2v) is 6.58. The number of carbonyl (C=O) groups is 1. The van der Waals surface area contributed by atoms with Crippen molar-refractivity contribution in [3.63, 3.8) is 0 Å². The second kappa shape index (κ2) is 8.61. The summed E-state index contributed by atoms with van der Waals surface area (Å²) in [5.74, 6) is -0.908. The van der Waals surface area contributed by atoms with Crippen LogP contribution >= 0.6 is 12.2 Å². The first kappa shape index (κ1) is 20.2. The third-order valence-electron chi connectivity index (χ3n) is 3.99. The maximum Gasteiger partial charge on any atom is 0.264 e. The summed E-state index contributed by atoms with van der Waals surface area (Å²) in [5.41, 5.74) is 1.18. The number of anilines is 1. The Kier molecular flexibility index (Phi) is 5.99.